The zero-order chi connectivity index (χ0) is 18.0. The van der Waals surface area contributed by atoms with E-state index in [0.29, 0.717) is 31.4 Å². The van der Waals surface area contributed by atoms with Crippen molar-refractivity contribution < 1.29 is 14.0 Å². The Hall–Kier alpha value is -2.77. The first-order valence-corrected chi connectivity index (χ1v) is 8.13. The molecule has 1 fully saturated rings. The van der Waals surface area contributed by atoms with Gasteiger partial charge in [0.2, 0.25) is 11.8 Å². The summed E-state index contributed by atoms with van der Waals surface area (Å²) in [7, 11) is 1.60. The van der Waals surface area contributed by atoms with Crippen LogP contribution in [0.1, 0.15) is 12.8 Å². The van der Waals surface area contributed by atoms with Crippen molar-refractivity contribution >= 4 is 22.7 Å². The Kier molecular flexibility index (Phi) is 4.78. The fourth-order valence-corrected chi connectivity index (χ4v) is 3.08. The second kappa shape index (κ2) is 7.00. The molecule has 1 N–H and O–H groups in total. The van der Waals surface area contributed by atoms with Crippen LogP contribution in [0.25, 0.3) is 10.9 Å². The quantitative estimate of drug-likeness (QED) is 0.878. The number of piperidine rings is 1. The van der Waals surface area contributed by atoms with Crippen LogP contribution in [0.15, 0.2) is 29.3 Å². The van der Waals surface area contributed by atoms with E-state index < -0.39 is 11.4 Å². The van der Waals surface area contributed by atoms with Crippen molar-refractivity contribution in [3.05, 3.63) is 40.7 Å². The second-order valence-electron chi connectivity index (χ2n) is 6.11. The van der Waals surface area contributed by atoms with Crippen LogP contribution in [-0.4, -0.2) is 46.4 Å². The third-order valence-electron chi connectivity index (χ3n) is 4.56. The van der Waals surface area contributed by atoms with E-state index in [4.69, 9.17) is 0 Å². The van der Waals surface area contributed by atoms with Crippen molar-refractivity contribution in [2.75, 3.05) is 20.1 Å². The first-order valence-electron chi connectivity index (χ1n) is 8.13. The van der Waals surface area contributed by atoms with Gasteiger partial charge in [0.25, 0.3) is 5.56 Å². The lowest BCUT2D eigenvalue weighted by molar-refractivity contribution is -0.136. The lowest BCUT2D eigenvalue weighted by Crippen LogP contribution is -2.44. The minimum Gasteiger partial charge on any atom is -0.359 e. The van der Waals surface area contributed by atoms with Crippen LogP contribution in [0.3, 0.4) is 0 Å². The van der Waals surface area contributed by atoms with Gasteiger partial charge in [0.15, 0.2) is 0 Å². The highest BCUT2D eigenvalue weighted by atomic mass is 19.1. The zero-order valence-corrected chi connectivity index (χ0v) is 13.9. The van der Waals surface area contributed by atoms with Crippen molar-refractivity contribution in [2.24, 2.45) is 5.92 Å². The standard InChI is InChI=1S/C17H19FN4O3/c1-19-16(24)11-4-6-21(7-5-11)15(23)9-22-10-20-14-3-2-12(18)8-13(14)17(22)25/h2-3,8,10-11H,4-7,9H2,1H3,(H,19,24). The maximum absolute atomic E-state index is 13.3. The first-order chi connectivity index (χ1) is 12.0. The molecule has 1 aliphatic rings. The van der Waals surface area contributed by atoms with Gasteiger partial charge in [-0.25, -0.2) is 9.37 Å². The summed E-state index contributed by atoms with van der Waals surface area (Å²) in [5.74, 6) is -0.826. The summed E-state index contributed by atoms with van der Waals surface area (Å²) >= 11 is 0. The molecule has 1 saturated heterocycles. The number of aromatic nitrogens is 2. The Morgan fingerprint density at radius 3 is 2.72 bits per heavy atom. The molecule has 0 unspecified atom stereocenters. The topological polar surface area (TPSA) is 84.3 Å². The predicted molar refractivity (Wildman–Crippen MR) is 89.3 cm³/mol. The van der Waals surface area contributed by atoms with E-state index in [0.717, 1.165) is 6.07 Å². The van der Waals surface area contributed by atoms with Crippen molar-refractivity contribution in [3.63, 3.8) is 0 Å². The van der Waals surface area contributed by atoms with Crippen LogP contribution in [0.4, 0.5) is 4.39 Å². The molecule has 1 aliphatic heterocycles. The van der Waals surface area contributed by atoms with E-state index in [9.17, 15) is 18.8 Å². The molecule has 2 amide bonds. The fourth-order valence-electron chi connectivity index (χ4n) is 3.08. The van der Waals surface area contributed by atoms with Crippen molar-refractivity contribution in [1.82, 2.24) is 19.8 Å². The molecular formula is C17H19FN4O3. The summed E-state index contributed by atoms with van der Waals surface area (Å²) in [5, 5.41) is 2.77. The van der Waals surface area contributed by atoms with Gasteiger partial charge in [0.05, 0.1) is 17.2 Å². The van der Waals surface area contributed by atoms with E-state index in [-0.39, 0.29) is 29.7 Å². The summed E-state index contributed by atoms with van der Waals surface area (Å²) in [4.78, 5) is 42.2. The Morgan fingerprint density at radius 2 is 2.04 bits per heavy atom. The molecule has 1 aromatic carbocycles. The largest absolute Gasteiger partial charge is 0.359 e. The Balaban J connectivity index is 1.72. The van der Waals surface area contributed by atoms with Gasteiger partial charge in [-0.3, -0.25) is 19.0 Å². The van der Waals surface area contributed by atoms with Crippen molar-refractivity contribution in [2.45, 2.75) is 19.4 Å². The van der Waals surface area contributed by atoms with Crippen LogP contribution in [0.2, 0.25) is 0 Å². The maximum atomic E-state index is 13.3. The van der Waals surface area contributed by atoms with Crippen LogP contribution in [0.5, 0.6) is 0 Å². The number of likely N-dealkylation sites (tertiary alicyclic amines) is 1. The molecule has 0 bridgehead atoms. The molecule has 7 nitrogen and oxygen atoms in total. The van der Waals surface area contributed by atoms with E-state index in [1.807, 2.05) is 0 Å². The molecule has 0 atom stereocenters. The Bertz CT molecular complexity index is 872. The molecule has 1 aromatic heterocycles. The molecule has 2 aromatic rings. The third kappa shape index (κ3) is 3.52. The highest BCUT2D eigenvalue weighted by Gasteiger charge is 2.26. The molecule has 3 rings (SSSR count). The molecule has 8 heteroatoms. The minimum atomic E-state index is -0.522. The van der Waals surface area contributed by atoms with Crippen molar-refractivity contribution in [1.29, 1.82) is 0 Å². The van der Waals surface area contributed by atoms with E-state index >= 15 is 0 Å². The maximum Gasteiger partial charge on any atom is 0.261 e. The Labute approximate surface area is 143 Å². The van der Waals surface area contributed by atoms with Crippen LogP contribution >= 0.6 is 0 Å². The summed E-state index contributed by atoms with van der Waals surface area (Å²) in [5.41, 5.74) is -0.0559. The molecule has 0 radical (unpaired) electrons. The number of halogens is 1. The number of nitrogens with zero attached hydrogens (tertiary/aromatic N) is 3. The predicted octanol–water partition coefficient (Wildman–Crippen LogP) is 0.520. The molecule has 0 spiro atoms. The van der Waals surface area contributed by atoms with Gasteiger partial charge in [-0.15, -0.1) is 0 Å². The SMILES string of the molecule is CNC(=O)C1CCN(C(=O)Cn2cnc3ccc(F)cc3c2=O)CC1. The zero-order valence-electron chi connectivity index (χ0n) is 13.9. The average molecular weight is 346 g/mol. The summed E-state index contributed by atoms with van der Waals surface area (Å²) in [6.45, 7) is 0.797. The number of fused-ring (bicyclic) bond motifs is 1. The van der Waals surface area contributed by atoms with Crippen LogP contribution in [0, 0.1) is 11.7 Å². The number of carbonyl (C=O) groups is 2. The number of hydrogen-bond acceptors (Lipinski definition) is 4. The summed E-state index contributed by atoms with van der Waals surface area (Å²) < 4.78 is 14.5. The molecule has 132 valence electrons. The first kappa shape index (κ1) is 17.1. The lowest BCUT2D eigenvalue weighted by Gasteiger charge is -2.31. The number of amides is 2. The Morgan fingerprint density at radius 1 is 1.32 bits per heavy atom. The van der Waals surface area contributed by atoms with Gasteiger partial charge < -0.3 is 10.2 Å². The van der Waals surface area contributed by atoms with Gasteiger partial charge in [0, 0.05) is 26.1 Å². The van der Waals surface area contributed by atoms with Crippen LogP contribution < -0.4 is 10.9 Å². The molecule has 2 heterocycles. The van der Waals surface area contributed by atoms with E-state index in [1.165, 1.54) is 23.0 Å². The third-order valence-corrected chi connectivity index (χ3v) is 4.56. The summed E-state index contributed by atoms with van der Waals surface area (Å²) in [6.07, 6.45) is 2.50. The van der Waals surface area contributed by atoms with E-state index in [2.05, 4.69) is 10.3 Å². The smallest absolute Gasteiger partial charge is 0.261 e. The van der Waals surface area contributed by atoms with Gasteiger partial charge in [0.1, 0.15) is 12.4 Å². The molecule has 0 saturated carbocycles. The lowest BCUT2D eigenvalue weighted by atomic mass is 9.96. The van der Waals surface area contributed by atoms with Gasteiger partial charge in [-0.2, -0.15) is 0 Å². The van der Waals surface area contributed by atoms with Crippen molar-refractivity contribution in [3.8, 4) is 0 Å². The molecular weight excluding hydrogens is 327 g/mol. The average Bonchev–Trinajstić information content (AvgIpc) is 2.64. The normalized spacial score (nSPS) is 15.4. The molecule has 0 aliphatic carbocycles. The highest BCUT2D eigenvalue weighted by Crippen LogP contribution is 2.17. The monoisotopic (exact) mass is 346 g/mol. The highest BCUT2D eigenvalue weighted by molar-refractivity contribution is 5.80. The number of nitrogens with one attached hydrogen (secondary N) is 1. The summed E-state index contributed by atoms with van der Waals surface area (Å²) in [6, 6.07) is 3.79. The number of hydrogen-bond donors (Lipinski definition) is 1. The van der Waals surface area contributed by atoms with Gasteiger partial charge >= 0.3 is 0 Å². The van der Waals surface area contributed by atoms with E-state index in [1.54, 1.807) is 11.9 Å². The van der Waals surface area contributed by atoms with Crippen LogP contribution in [-0.2, 0) is 16.1 Å². The molecule has 25 heavy (non-hydrogen) atoms. The number of rotatable bonds is 3. The minimum absolute atomic E-state index is 0.0101. The van der Waals surface area contributed by atoms with Gasteiger partial charge in [-0.1, -0.05) is 0 Å². The number of benzene rings is 1. The fraction of sp³-hybridized carbons (Fsp3) is 0.412. The number of carbonyl (C=O) groups excluding carboxylic acids is 2. The van der Waals surface area contributed by atoms with Gasteiger partial charge in [-0.05, 0) is 31.0 Å². The second-order valence-corrected chi connectivity index (χ2v) is 6.11.